The van der Waals surface area contributed by atoms with E-state index >= 15 is 0 Å². The zero-order valence-electron chi connectivity index (χ0n) is 15.2. The predicted octanol–water partition coefficient (Wildman–Crippen LogP) is 1.67. The van der Waals surface area contributed by atoms with Gasteiger partial charge in [-0.15, -0.1) is 12.4 Å². The molecule has 1 saturated heterocycles. The molecule has 1 amide bonds. The number of nitrogens with two attached hydrogens (primary N) is 1. The van der Waals surface area contributed by atoms with Gasteiger partial charge in [0.2, 0.25) is 15.9 Å². The Morgan fingerprint density at radius 1 is 1.19 bits per heavy atom. The highest BCUT2D eigenvalue weighted by Gasteiger charge is 2.31. The van der Waals surface area contributed by atoms with Crippen molar-refractivity contribution in [2.45, 2.75) is 81.5 Å². The largest absolute Gasteiger partial charge is 0.325 e. The van der Waals surface area contributed by atoms with Gasteiger partial charge in [0.15, 0.2) is 0 Å². The number of unbranched alkanes of at least 4 members (excludes halogenated alkanes) is 1. The number of halogens is 1. The van der Waals surface area contributed by atoms with E-state index in [1.54, 1.807) is 4.90 Å². The number of nitrogens with zero attached hydrogens (tertiary/aromatic N) is 2. The van der Waals surface area contributed by atoms with E-state index < -0.39 is 16.1 Å². The van der Waals surface area contributed by atoms with Gasteiger partial charge in [-0.3, -0.25) is 4.79 Å². The van der Waals surface area contributed by atoms with E-state index in [4.69, 9.17) is 11.0 Å². The van der Waals surface area contributed by atoms with Gasteiger partial charge in [-0.25, -0.2) is 13.1 Å². The molecule has 0 unspecified atom stereocenters. The quantitative estimate of drug-likeness (QED) is 0.594. The summed E-state index contributed by atoms with van der Waals surface area (Å²) in [6, 6.07) is 1.19. The van der Waals surface area contributed by atoms with E-state index in [1.807, 2.05) is 0 Å². The lowest BCUT2D eigenvalue weighted by Gasteiger charge is -2.23. The molecule has 0 aromatic carbocycles. The number of sulfonamides is 1. The number of nitriles is 1. The van der Waals surface area contributed by atoms with Crippen LogP contribution in [0.1, 0.15) is 64.2 Å². The van der Waals surface area contributed by atoms with Crippen molar-refractivity contribution in [1.82, 2.24) is 9.62 Å². The van der Waals surface area contributed by atoms with Gasteiger partial charge in [0.25, 0.3) is 0 Å². The smallest absolute Gasteiger partial charge is 0.240 e. The minimum Gasteiger partial charge on any atom is -0.325 e. The zero-order chi connectivity index (χ0) is 18.3. The molecule has 1 heterocycles. The first-order valence-corrected chi connectivity index (χ1v) is 10.9. The van der Waals surface area contributed by atoms with Crippen LogP contribution in [-0.4, -0.2) is 49.6 Å². The Bertz CT molecular complexity index is 587. The number of nitrogens with one attached hydrogen (secondary N) is 1. The maximum absolute atomic E-state index is 12.3. The average Bonchev–Trinajstić information content (AvgIpc) is 3.10. The Balaban J connectivity index is 0.00000338. The first-order chi connectivity index (χ1) is 12.0. The van der Waals surface area contributed by atoms with Crippen molar-refractivity contribution in [3.05, 3.63) is 0 Å². The zero-order valence-corrected chi connectivity index (χ0v) is 16.9. The number of amides is 1. The molecule has 7 nitrogen and oxygen atoms in total. The van der Waals surface area contributed by atoms with Crippen molar-refractivity contribution >= 4 is 28.3 Å². The van der Waals surface area contributed by atoms with Crippen molar-refractivity contribution in [2.24, 2.45) is 5.73 Å². The summed E-state index contributed by atoms with van der Waals surface area (Å²) < 4.78 is 27.1. The second-order valence-corrected chi connectivity index (χ2v) is 9.17. The Morgan fingerprint density at radius 3 is 2.54 bits per heavy atom. The summed E-state index contributed by atoms with van der Waals surface area (Å²) in [5, 5.41) is 8.80. The van der Waals surface area contributed by atoms with E-state index in [0.29, 0.717) is 32.4 Å². The Kier molecular flexibility index (Phi) is 9.86. The van der Waals surface area contributed by atoms with Crippen LogP contribution >= 0.6 is 12.4 Å². The molecule has 0 bridgehead atoms. The number of likely N-dealkylation sites (tertiary alicyclic amines) is 1. The molecule has 1 saturated carbocycles. The number of carbonyl (C=O) groups is 1. The highest BCUT2D eigenvalue weighted by Crippen LogP contribution is 2.23. The molecule has 0 aromatic heterocycles. The lowest BCUT2D eigenvalue weighted by atomic mass is 10.0. The van der Waals surface area contributed by atoms with Gasteiger partial charge in [-0.1, -0.05) is 25.7 Å². The van der Waals surface area contributed by atoms with Gasteiger partial charge in [0, 0.05) is 13.1 Å². The van der Waals surface area contributed by atoms with Crippen molar-refractivity contribution < 1.29 is 13.2 Å². The predicted molar refractivity (Wildman–Crippen MR) is 103 cm³/mol. The molecular formula is C17H31ClN4O3S. The molecule has 0 radical (unpaired) electrons. The second kappa shape index (κ2) is 11.1. The molecular weight excluding hydrogens is 376 g/mol. The summed E-state index contributed by atoms with van der Waals surface area (Å²) in [4.78, 5) is 13.9. The van der Waals surface area contributed by atoms with Crippen LogP contribution in [0.25, 0.3) is 0 Å². The first-order valence-electron chi connectivity index (χ1n) is 9.40. The summed E-state index contributed by atoms with van der Waals surface area (Å²) in [6.45, 7) is 0.996. The average molecular weight is 407 g/mol. The van der Waals surface area contributed by atoms with E-state index in [1.165, 1.54) is 0 Å². The van der Waals surface area contributed by atoms with Crippen LogP contribution in [0.2, 0.25) is 0 Å². The third kappa shape index (κ3) is 6.38. The fraction of sp³-hybridized carbons (Fsp3) is 0.882. The SMILES string of the molecule is Cl.N#C[C@@H]1CCCN1C(=O)[C@@H](N)CCCCNS(=O)(=O)C1CCCCC1. The molecule has 2 atom stereocenters. The summed E-state index contributed by atoms with van der Waals surface area (Å²) >= 11 is 0. The topological polar surface area (TPSA) is 116 Å². The van der Waals surface area contributed by atoms with Crippen LogP contribution in [0.15, 0.2) is 0 Å². The molecule has 0 aromatic rings. The molecule has 2 rings (SSSR count). The number of hydrogen-bond acceptors (Lipinski definition) is 5. The number of carbonyl (C=O) groups excluding carboxylic acids is 1. The molecule has 1 aliphatic heterocycles. The van der Waals surface area contributed by atoms with E-state index in [0.717, 1.165) is 44.9 Å². The van der Waals surface area contributed by atoms with Crippen molar-refractivity contribution in [2.75, 3.05) is 13.1 Å². The third-order valence-corrected chi connectivity index (χ3v) is 7.19. The summed E-state index contributed by atoms with van der Waals surface area (Å²) in [5.41, 5.74) is 5.96. The molecule has 26 heavy (non-hydrogen) atoms. The fourth-order valence-corrected chi connectivity index (χ4v) is 5.32. The second-order valence-electron chi connectivity index (χ2n) is 7.12. The third-order valence-electron chi connectivity index (χ3n) is 5.24. The summed E-state index contributed by atoms with van der Waals surface area (Å²) in [5.74, 6) is -0.160. The minimum absolute atomic E-state index is 0. The van der Waals surface area contributed by atoms with Gasteiger partial charge in [0.1, 0.15) is 6.04 Å². The molecule has 0 spiro atoms. The van der Waals surface area contributed by atoms with E-state index in [2.05, 4.69) is 10.8 Å². The molecule has 1 aliphatic carbocycles. The minimum atomic E-state index is -3.22. The van der Waals surface area contributed by atoms with Crippen LogP contribution in [0.5, 0.6) is 0 Å². The van der Waals surface area contributed by atoms with Gasteiger partial charge in [-0.2, -0.15) is 5.26 Å². The maximum Gasteiger partial charge on any atom is 0.240 e. The van der Waals surface area contributed by atoms with Crippen molar-refractivity contribution in [1.29, 1.82) is 5.26 Å². The van der Waals surface area contributed by atoms with Crippen LogP contribution in [0, 0.1) is 11.3 Å². The lowest BCUT2D eigenvalue weighted by molar-refractivity contribution is -0.132. The highest BCUT2D eigenvalue weighted by atomic mass is 35.5. The molecule has 2 aliphatic rings. The van der Waals surface area contributed by atoms with Crippen LogP contribution in [0.4, 0.5) is 0 Å². The van der Waals surface area contributed by atoms with Gasteiger partial charge < -0.3 is 10.6 Å². The summed E-state index contributed by atoms with van der Waals surface area (Å²) in [6.07, 6.45) is 8.04. The lowest BCUT2D eigenvalue weighted by Crippen LogP contribution is -2.45. The Hall–Kier alpha value is -0.880. The first kappa shape index (κ1) is 23.2. The monoisotopic (exact) mass is 406 g/mol. The van der Waals surface area contributed by atoms with Crippen LogP contribution in [0.3, 0.4) is 0 Å². The van der Waals surface area contributed by atoms with E-state index in [9.17, 15) is 13.2 Å². The molecule has 3 N–H and O–H groups in total. The molecule has 150 valence electrons. The number of hydrogen-bond donors (Lipinski definition) is 2. The Morgan fingerprint density at radius 2 is 1.88 bits per heavy atom. The van der Waals surface area contributed by atoms with Crippen molar-refractivity contribution in [3.63, 3.8) is 0 Å². The Labute approximate surface area is 163 Å². The molecule has 2 fully saturated rings. The maximum atomic E-state index is 12.3. The number of rotatable bonds is 8. The standard InChI is InChI=1S/C17H30N4O3S.ClH/c18-13-14-7-6-12-21(14)17(22)16(19)10-4-5-11-20-25(23,24)15-8-2-1-3-9-15;/h14-16,20H,1-12,19H2;1H/t14-,16-;/m0./s1. The van der Waals surface area contributed by atoms with Crippen LogP contribution < -0.4 is 10.5 Å². The van der Waals surface area contributed by atoms with Crippen molar-refractivity contribution in [3.8, 4) is 6.07 Å². The normalized spacial score (nSPS) is 22.5. The van der Waals surface area contributed by atoms with Gasteiger partial charge in [-0.05, 0) is 38.5 Å². The van der Waals surface area contributed by atoms with Crippen LogP contribution in [-0.2, 0) is 14.8 Å². The molecule has 9 heteroatoms. The highest BCUT2D eigenvalue weighted by molar-refractivity contribution is 7.90. The van der Waals surface area contributed by atoms with Gasteiger partial charge >= 0.3 is 0 Å². The van der Waals surface area contributed by atoms with Gasteiger partial charge in [0.05, 0.1) is 17.4 Å². The summed E-state index contributed by atoms with van der Waals surface area (Å²) in [7, 11) is -3.22. The van der Waals surface area contributed by atoms with E-state index in [-0.39, 0.29) is 29.6 Å². The fourth-order valence-electron chi connectivity index (χ4n) is 3.70.